The molecule has 5 aromatic rings. The van der Waals surface area contributed by atoms with Gasteiger partial charge < -0.3 is 9.88 Å². The topological polar surface area (TPSA) is 122 Å². The van der Waals surface area contributed by atoms with Crippen molar-refractivity contribution in [3.8, 4) is 0 Å². The second-order valence-corrected chi connectivity index (χ2v) is 11.1. The summed E-state index contributed by atoms with van der Waals surface area (Å²) in [4.78, 5) is 50.6. The van der Waals surface area contributed by atoms with Crippen LogP contribution in [0.4, 0.5) is 10.1 Å². The van der Waals surface area contributed by atoms with E-state index in [9.17, 15) is 18.8 Å². The number of fused-ring (bicyclic) bond motifs is 1. The van der Waals surface area contributed by atoms with Gasteiger partial charge in [0, 0.05) is 37.9 Å². The first-order chi connectivity index (χ1) is 20.1. The standard InChI is InChI=1S/C31H32FN7O3/c1-17-25(18(2)38(4)36-17)30(41)37(3)22-13-11-20(12-14-22)23(15-21-7-5-6-8-24(21)32)27-33-26-28(34-27)39(16-19-9-10-19)31(42)35-29(26)40/h5-8,11-14,19,23H,9-10,15-16H2,1-4H3,(H,33,34)(H,35,40,42). The summed E-state index contributed by atoms with van der Waals surface area (Å²) in [7, 11) is 3.52. The average molecular weight is 570 g/mol. The molecule has 1 fully saturated rings. The van der Waals surface area contributed by atoms with Crippen molar-refractivity contribution < 1.29 is 9.18 Å². The molecule has 42 heavy (non-hydrogen) atoms. The number of aromatic amines is 2. The van der Waals surface area contributed by atoms with Crippen molar-refractivity contribution in [3.05, 3.63) is 109 Å². The third-order valence-electron chi connectivity index (χ3n) is 8.21. The predicted octanol–water partition coefficient (Wildman–Crippen LogP) is 3.96. The summed E-state index contributed by atoms with van der Waals surface area (Å²) in [5, 5.41) is 4.36. The Morgan fingerprint density at radius 3 is 2.45 bits per heavy atom. The zero-order chi connectivity index (χ0) is 29.7. The van der Waals surface area contributed by atoms with E-state index in [0.29, 0.717) is 46.4 Å². The molecule has 2 aromatic carbocycles. The molecule has 1 amide bonds. The number of aromatic nitrogens is 6. The number of carbonyl (C=O) groups is 1. The van der Waals surface area contributed by atoms with Crippen molar-refractivity contribution in [1.29, 1.82) is 0 Å². The van der Waals surface area contributed by atoms with E-state index < -0.39 is 17.2 Å². The van der Waals surface area contributed by atoms with Gasteiger partial charge in [0.1, 0.15) is 17.2 Å². The minimum Gasteiger partial charge on any atom is -0.336 e. The number of anilines is 1. The summed E-state index contributed by atoms with van der Waals surface area (Å²) in [5.41, 5.74) is 3.47. The molecule has 0 aliphatic heterocycles. The van der Waals surface area contributed by atoms with E-state index in [-0.39, 0.29) is 23.7 Å². The summed E-state index contributed by atoms with van der Waals surface area (Å²) < 4.78 is 18.0. The van der Waals surface area contributed by atoms with Crippen molar-refractivity contribution in [2.24, 2.45) is 13.0 Å². The smallest absolute Gasteiger partial charge is 0.330 e. The summed E-state index contributed by atoms with van der Waals surface area (Å²) in [6.07, 6.45) is 2.33. The van der Waals surface area contributed by atoms with Crippen LogP contribution >= 0.6 is 0 Å². The number of rotatable bonds is 8. The van der Waals surface area contributed by atoms with Crippen molar-refractivity contribution in [2.45, 2.75) is 45.6 Å². The Kier molecular flexibility index (Phi) is 6.88. The second kappa shape index (κ2) is 10.6. The average Bonchev–Trinajstić information content (AvgIpc) is 3.62. The molecule has 1 unspecified atom stereocenters. The lowest BCUT2D eigenvalue weighted by atomic mass is 9.91. The molecule has 11 heteroatoms. The molecular formula is C31H32FN7O3. The van der Waals surface area contributed by atoms with E-state index in [1.54, 1.807) is 41.9 Å². The molecule has 0 saturated heterocycles. The molecular weight excluding hydrogens is 537 g/mol. The zero-order valence-corrected chi connectivity index (χ0v) is 23.9. The van der Waals surface area contributed by atoms with Crippen LogP contribution in [0.15, 0.2) is 58.1 Å². The Balaban J connectivity index is 1.39. The van der Waals surface area contributed by atoms with Crippen molar-refractivity contribution in [1.82, 2.24) is 29.3 Å². The number of amides is 1. The van der Waals surface area contributed by atoms with Crippen LogP contribution in [0, 0.1) is 25.6 Å². The van der Waals surface area contributed by atoms with Crippen LogP contribution in [-0.2, 0) is 20.0 Å². The van der Waals surface area contributed by atoms with Crippen LogP contribution in [-0.4, -0.2) is 42.3 Å². The highest BCUT2D eigenvalue weighted by atomic mass is 19.1. The number of halogens is 1. The van der Waals surface area contributed by atoms with Gasteiger partial charge in [-0.25, -0.2) is 14.2 Å². The van der Waals surface area contributed by atoms with Gasteiger partial charge in [-0.15, -0.1) is 0 Å². The van der Waals surface area contributed by atoms with Gasteiger partial charge in [-0.3, -0.25) is 23.8 Å². The quantitative estimate of drug-likeness (QED) is 0.293. The van der Waals surface area contributed by atoms with Gasteiger partial charge in [0.2, 0.25) is 0 Å². The van der Waals surface area contributed by atoms with Gasteiger partial charge in [0.25, 0.3) is 11.5 Å². The minimum absolute atomic E-state index is 0.168. The summed E-state index contributed by atoms with van der Waals surface area (Å²) in [6.45, 7) is 4.16. The van der Waals surface area contributed by atoms with Crippen LogP contribution in [0.3, 0.4) is 0 Å². The maximum Gasteiger partial charge on any atom is 0.330 e. The first-order valence-electron chi connectivity index (χ1n) is 14.0. The zero-order valence-electron chi connectivity index (χ0n) is 23.9. The Labute approximate surface area is 240 Å². The van der Waals surface area contributed by atoms with Crippen LogP contribution < -0.4 is 16.1 Å². The van der Waals surface area contributed by atoms with E-state index in [4.69, 9.17) is 4.98 Å². The summed E-state index contributed by atoms with van der Waals surface area (Å²) in [5.74, 6) is -0.133. The maximum atomic E-state index is 14.8. The molecule has 1 aliphatic rings. The Bertz CT molecular complexity index is 1930. The summed E-state index contributed by atoms with van der Waals surface area (Å²) in [6, 6.07) is 14.0. The van der Waals surface area contributed by atoms with Crippen molar-refractivity contribution in [2.75, 3.05) is 11.9 Å². The van der Waals surface area contributed by atoms with Gasteiger partial charge in [-0.2, -0.15) is 5.10 Å². The summed E-state index contributed by atoms with van der Waals surface area (Å²) >= 11 is 0. The number of imidazole rings is 1. The molecule has 3 heterocycles. The molecule has 10 nitrogen and oxygen atoms in total. The molecule has 0 spiro atoms. The third-order valence-corrected chi connectivity index (χ3v) is 8.21. The molecule has 6 rings (SSSR count). The number of H-pyrrole nitrogens is 2. The number of benzene rings is 2. The number of aryl methyl sites for hydroxylation is 2. The van der Waals surface area contributed by atoms with E-state index >= 15 is 0 Å². The number of nitrogens with zero attached hydrogens (tertiary/aromatic N) is 5. The van der Waals surface area contributed by atoms with Crippen molar-refractivity contribution >= 4 is 22.8 Å². The normalized spacial score (nSPS) is 13.9. The predicted molar refractivity (Wildman–Crippen MR) is 158 cm³/mol. The van der Waals surface area contributed by atoms with E-state index in [1.807, 2.05) is 38.1 Å². The lowest BCUT2D eigenvalue weighted by molar-refractivity contribution is 0.0991. The Morgan fingerprint density at radius 2 is 1.81 bits per heavy atom. The fraction of sp³-hybridized carbons (Fsp3) is 0.323. The monoisotopic (exact) mass is 569 g/mol. The highest BCUT2D eigenvalue weighted by Crippen LogP contribution is 2.32. The molecule has 216 valence electrons. The van der Waals surface area contributed by atoms with Gasteiger partial charge in [0.15, 0.2) is 5.65 Å². The third kappa shape index (κ3) is 4.95. The van der Waals surface area contributed by atoms with Crippen LogP contribution in [0.2, 0.25) is 0 Å². The highest BCUT2D eigenvalue weighted by molar-refractivity contribution is 6.07. The molecule has 1 saturated carbocycles. The van der Waals surface area contributed by atoms with Gasteiger partial charge in [-0.05, 0) is 68.4 Å². The fourth-order valence-electron chi connectivity index (χ4n) is 5.51. The molecule has 2 N–H and O–H groups in total. The fourth-order valence-corrected chi connectivity index (χ4v) is 5.51. The van der Waals surface area contributed by atoms with Gasteiger partial charge in [0.05, 0.1) is 11.3 Å². The molecule has 0 radical (unpaired) electrons. The molecule has 1 atom stereocenters. The van der Waals surface area contributed by atoms with E-state index in [0.717, 1.165) is 24.1 Å². The number of hydrogen-bond donors (Lipinski definition) is 2. The van der Waals surface area contributed by atoms with Crippen LogP contribution in [0.1, 0.15) is 57.5 Å². The Hall–Kier alpha value is -4.80. The lowest BCUT2D eigenvalue weighted by Gasteiger charge is -2.20. The molecule has 3 aromatic heterocycles. The largest absolute Gasteiger partial charge is 0.336 e. The Morgan fingerprint density at radius 1 is 1.10 bits per heavy atom. The van der Waals surface area contributed by atoms with Crippen molar-refractivity contribution in [3.63, 3.8) is 0 Å². The van der Waals surface area contributed by atoms with Gasteiger partial charge in [-0.1, -0.05) is 30.3 Å². The van der Waals surface area contributed by atoms with Crippen LogP contribution in [0.25, 0.3) is 11.2 Å². The molecule has 0 bridgehead atoms. The second-order valence-electron chi connectivity index (χ2n) is 11.1. The lowest BCUT2D eigenvalue weighted by Crippen LogP contribution is -2.30. The highest BCUT2D eigenvalue weighted by Gasteiger charge is 2.27. The number of carbonyl (C=O) groups excluding carboxylic acids is 1. The van der Waals surface area contributed by atoms with E-state index in [2.05, 4.69) is 15.1 Å². The minimum atomic E-state index is -0.540. The number of hydrogen-bond acceptors (Lipinski definition) is 5. The SMILES string of the molecule is Cc1nn(C)c(C)c1C(=O)N(C)c1ccc(C(Cc2ccccc2F)c2nc3c([nH]2)c(=O)[nH]c(=O)n3CC2CC2)cc1. The van der Waals surface area contributed by atoms with Crippen LogP contribution in [0.5, 0.6) is 0 Å². The van der Waals surface area contributed by atoms with Gasteiger partial charge >= 0.3 is 5.69 Å². The first-order valence-corrected chi connectivity index (χ1v) is 14.0. The number of nitrogens with one attached hydrogen (secondary N) is 2. The maximum absolute atomic E-state index is 14.8. The molecule has 1 aliphatic carbocycles. The van der Waals surface area contributed by atoms with E-state index in [1.165, 1.54) is 10.6 Å². The first kappa shape index (κ1) is 27.4.